The summed E-state index contributed by atoms with van der Waals surface area (Å²) >= 11 is 0. The molecule has 1 aliphatic rings. The van der Waals surface area contributed by atoms with Crippen LogP contribution >= 0.6 is 0 Å². The first-order chi connectivity index (χ1) is 28.1. The number of nitrogens with one attached hydrogen (secondary N) is 1. The van der Waals surface area contributed by atoms with E-state index in [1.807, 2.05) is 44.2 Å². The van der Waals surface area contributed by atoms with Gasteiger partial charge in [0, 0.05) is 30.5 Å². The van der Waals surface area contributed by atoms with Crippen LogP contribution in [-0.4, -0.2) is 46.7 Å². The van der Waals surface area contributed by atoms with Crippen molar-refractivity contribution in [2.75, 3.05) is 24.6 Å². The van der Waals surface area contributed by atoms with Gasteiger partial charge in [0.25, 0.3) is 5.91 Å². The Balaban J connectivity index is 1.31. The highest BCUT2D eigenvalue weighted by atomic mass is 19.4. The Morgan fingerprint density at radius 2 is 1.33 bits per heavy atom. The summed E-state index contributed by atoms with van der Waals surface area (Å²) in [6.07, 6.45) is 17.3. The first kappa shape index (κ1) is 44.6. The Bertz CT molecular complexity index is 1880. The normalized spacial score (nSPS) is 12.6. The number of anilines is 1. The number of fused-ring (bicyclic) bond motifs is 3. The third kappa shape index (κ3) is 13.3. The number of carbonyl (C=O) groups is 1. The minimum absolute atomic E-state index is 0.104. The van der Waals surface area contributed by atoms with Crippen molar-refractivity contribution in [2.45, 2.75) is 149 Å². The van der Waals surface area contributed by atoms with E-state index >= 15 is 0 Å². The van der Waals surface area contributed by atoms with Crippen LogP contribution in [0.2, 0.25) is 0 Å². The van der Waals surface area contributed by atoms with E-state index in [2.05, 4.69) is 41.2 Å². The van der Waals surface area contributed by atoms with Crippen LogP contribution in [0.5, 0.6) is 5.88 Å². The molecule has 0 bridgehead atoms. The molecule has 0 saturated heterocycles. The van der Waals surface area contributed by atoms with Gasteiger partial charge in [0.1, 0.15) is 5.69 Å². The standard InChI is InChI=1S/C48H64F3N5O2/c1-5-7-9-11-13-15-17-21-28-56(29-22-18-16-14-12-10-8-6-2)47-53-35(3)30-44(55-47)45(57)54-36(4)38-32-43(46(52-33-38)58-34-48(49,50)51)41-27-23-26-40-39-25-20-19-24-37(39)31-42(40)41/h19-20,23-27,30,32-33,36H,5-18,21-22,28-29,31,34H2,1-4H3,(H,54,57). The number of halogens is 3. The summed E-state index contributed by atoms with van der Waals surface area (Å²) in [6.45, 7) is 8.45. The average Bonchev–Trinajstić information content (AvgIpc) is 3.59. The molecule has 4 aromatic rings. The van der Waals surface area contributed by atoms with E-state index in [4.69, 9.17) is 14.7 Å². The molecule has 2 aromatic carbocycles. The monoisotopic (exact) mass is 800 g/mol. The second kappa shape index (κ2) is 22.6. The fourth-order valence-electron chi connectivity index (χ4n) is 7.92. The van der Waals surface area contributed by atoms with Gasteiger partial charge >= 0.3 is 6.18 Å². The molecule has 1 atom stereocenters. The molecule has 0 spiro atoms. The van der Waals surface area contributed by atoms with Crippen LogP contribution in [0.4, 0.5) is 19.1 Å². The predicted molar refractivity (Wildman–Crippen MR) is 230 cm³/mol. The molecule has 2 heterocycles. The fraction of sp³-hybridized carbons (Fsp3) is 0.542. The minimum Gasteiger partial charge on any atom is -0.468 e. The zero-order chi connectivity index (χ0) is 41.3. The second-order valence-electron chi connectivity index (χ2n) is 16.0. The molecular formula is C48H64F3N5O2. The van der Waals surface area contributed by atoms with Crippen LogP contribution in [0.15, 0.2) is 60.8 Å². The summed E-state index contributed by atoms with van der Waals surface area (Å²) in [6, 6.07) is 16.9. The highest BCUT2D eigenvalue weighted by molar-refractivity contribution is 5.93. The lowest BCUT2D eigenvalue weighted by atomic mass is 9.94. The number of nitrogens with zero attached hydrogens (tertiary/aromatic N) is 4. The molecule has 1 N–H and O–H groups in total. The van der Waals surface area contributed by atoms with E-state index in [9.17, 15) is 18.0 Å². The van der Waals surface area contributed by atoms with Crippen LogP contribution in [-0.2, 0) is 6.42 Å². The van der Waals surface area contributed by atoms with E-state index in [-0.39, 0.29) is 17.5 Å². The molecule has 1 unspecified atom stereocenters. The van der Waals surface area contributed by atoms with Crippen LogP contribution < -0.4 is 15.0 Å². The second-order valence-corrected chi connectivity index (χ2v) is 16.0. The summed E-state index contributed by atoms with van der Waals surface area (Å²) in [4.78, 5) is 30.2. The maximum Gasteiger partial charge on any atom is 0.422 e. The number of hydrogen-bond acceptors (Lipinski definition) is 6. The number of pyridine rings is 1. The predicted octanol–water partition coefficient (Wildman–Crippen LogP) is 12.9. The number of alkyl halides is 3. The molecule has 7 nitrogen and oxygen atoms in total. The minimum atomic E-state index is -4.53. The van der Waals surface area contributed by atoms with Crippen LogP contribution in [0.25, 0.3) is 22.3 Å². The van der Waals surface area contributed by atoms with Crippen LogP contribution in [0, 0.1) is 6.92 Å². The van der Waals surface area contributed by atoms with Crippen LogP contribution in [0.3, 0.4) is 0 Å². The molecule has 2 aromatic heterocycles. The molecule has 0 radical (unpaired) electrons. The number of amides is 1. The summed E-state index contributed by atoms with van der Waals surface area (Å²) in [5.74, 6) is 0.124. The Morgan fingerprint density at radius 3 is 1.95 bits per heavy atom. The molecular weight excluding hydrogens is 736 g/mol. The van der Waals surface area contributed by atoms with Crippen LogP contribution in [0.1, 0.15) is 162 Å². The molecule has 58 heavy (non-hydrogen) atoms. The fourth-order valence-corrected chi connectivity index (χ4v) is 7.92. The smallest absolute Gasteiger partial charge is 0.422 e. The molecule has 1 amide bonds. The summed E-state index contributed by atoms with van der Waals surface area (Å²) in [7, 11) is 0. The lowest BCUT2D eigenvalue weighted by Crippen LogP contribution is -2.31. The summed E-state index contributed by atoms with van der Waals surface area (Å²) in [5, 5.41) is 3.08. The van der Waals surface area contributed by atoms with Gasteiger partial charge in [-0.25, -0.2) is 15.0 Å². The van der Waals surface area contributed by atoms with Gasteiger partial charge in [-0.3, -0.25) is 4.79 Å². The third-order valence-corrected chi connectivity index (χ3v) is 11.2. The first-order valence-electron chi connectivity index (χ1n) is 21.9. The Kier molecular flexibility index (Phi) is 17.4. The molecule has 5 rings (SSSR count). The van der Waals surface area contributed by atoms with E-state index < -0.39 is 18.8 Å². The number of hydrogen-bond donors (Lipinski definition) is 1. The highest BCUT2D eigenvalue weighted by Crippen LogP contribution is 2.44. The average molecular weight is 800 g/mol. The van der Waals surface area contributed by atoms with Crippen molar-refractivity contribution < 1.29 is 22.7 Å². The third-order valence-electron chi connectivity index (χ3n) is 11.2. The number of unbranched alkanes of at least 4 members (excludes halogenated alkanes) is 14. The van der Waals surface area contributed by atoms with Gasteiger partial charge in [0.15, 0.2) is 6.61 Å². The SMILES string of the molecule is CCCCCCCCCCN(CCCCCCCCCC)c1nc(C)cc(C(=O)NC(C)c2cnc(OCC(F)(F)F)c(-c3cccc4c3Cc3ccccc3-4)c2)n1. The molecule has 1 aliphatic carbocycles. The van der Waals surface area contributed by atoms with Gasteiger partial charge in [-0.05, 0) is 78.6 Å². The van der Waals surface area contributed by atoms with Crippen molar-refractivity contribution in [3.63, 3.8) is 0 Å². The van der Waals surface area contributed by atoms with E-state index in [0.29, 0.717) is 29.2 Å². The van der Waals surface area contributed by atoms with Crippen molar-refractivity contribution >= 4 is 11.9 Å². The van der Waals surface area contributed by atoms with Gasteiger partial charge in [-0.2, -0.15) is 13.2 Å². The largest absolute Gasteiger partial charge is 0.468 e. The quantitative estimate of drug-likeness (QED) is 0.0592. The van der Waals surface area contributed by atoms with Gasteiger partial charge < -0.3 is 15.0 Å². The van der Waals surface area contributed by atoms with Gasteiger partial charge in [-0.1, -0.05) is 146 Å². The maximum atomic E-state index is 13.9. The highest BCUT2D eigenvalue weighted by Gasteiger charge is 2.30. The molecule has 314 valence electrons. The zero-order valence-corrected chi connectivity index (χ0v) is 35.2. The zero-order valence-electron chi connectivity index (χ0n) is 35.2. The molecule has 0 saturated carbocycles. The van der Waals surface area contributed by atoms with Crippen molar-refractivity contribution in [3.05, 3.63) is 88.9 Å². The Hall–Kier alpha value is -4.47. The summed E-state index contributed by atoms with van der Waals surface area (Å²) < 4.78 is 45.4. The molecule has 0 fully saturated rings. The number of carbonyl (C=O) groups excluding carboxylic acids is 1. The van der Waals surface area contributed by atoms with Gasteiger partial charge in [0.2, 0.25) is 11.8 Å². The molecule has 10 heteroatoms. The van der Waals surface area contributed by atoms with Gasteiger partial charge in [-0.15, -0.1) is 0 Å². The van der Waals surface area contributed by atoms with E-state index in [1.54, 1.807) is 12.1 Å². The first-order valence-corrected chi connectivity index (χ1v) is 21.9. The Labute approximate surface area is 344 Å². The lowest BCUT2D eigenvalue weighted by Gasteiger charge is -2.24. The number of rotatable bonds is 25. The van der Waals surface area contributed by atoms with Crippen molar-refractivity contribution in [1.82, 2.24) is 20.3 Å². The molecule has 0 aliphatic heterocycles. The number of benzene rings is 2. The lowest BCUT2D eigenvalue weighted by molar-refractivity contribution is -0.154. The van der Waals surface area contributed by atoms with E-state index in [0.717, 1.165) is 66.6 Å². The maximum absolute atomic E-state index is 13.9. The number of aromatic nitrogens is 3. The number of ether oxygens (including phenoxy) is 1. The van der Waals surface area contributed by atoms with E-state index in [1.165, 1.54) is 83.2 Å². The van der Waals surface area contributed by atoms with Gasteiger partial charge in [0.05, 0.1) is 6.04 Å². The van der Waals surface area contributed by atoms with Crippen molar-refractivity contribution in [3.8, 4) is 28.1 Å². The topological polar surface area (TPSA) is 80.2 Å². The number of aryl methyl sites for hydroxylation is 1. The van der Waals surface area contributed by atoms with Crippen molar-refractivity contribution in [2.24, 2.45) is 0 Å². The Morgan fingerprint density at radius 1 is 0.759 bits per heavy atom. The van der Waals surface area contributed by atoms with Crippen molar-refractivity contribution in [1.29, 1.82) is 0 Å². The summed E-state index contributed by atoms with van der Waals surface area (Å²) in [5.41, 5.74) is 7.13.